The van der Waals surface area contributed by atoms with E-state index >= 15 is 0 Å². The molecular weight excluding hydrogens is 450 g/mol. The van der Waals surface area contributed by atoms with Gasteiger partial charge >= 0.3 is 0 Å². The summed E-state index contributed by atoms with van der Waals surface area (Å²) in [6.07, 6.45) is 0. The Morgan fingerprint density at radius 1 is 0.900 bits per heavy atom. The van der Waals surface area contributed by atoms with Crippen LogP contribution >= 0.6 is 34.8 Å². The van der Waals surface area contributed by atoms with Crippen LogP contribution < -0.4 is 5.32 Å². The van der Waals surface area contributed by atoms with E-state index in [-0.39, 0.29) is 5.82 Å². The summed E-state index contributed by atoms with van der Waals surface area (Å²) in [5.41, 5.74) is 1.68. The van der Waals surface area contributed by atoms with Crippen molar-refractivity contribution >= 4 is 46.4 Å². The fraction of sp³-hybridized carbons (Fsp3) is 0. The molecule has 0 spiro atoms. The van der Waals surface area contributed by atoms with Crippen molar-refractivity contribution in [2.75, 3.05) is 5.32 Å². The number of aromatic nitrogens is 3. The van der Waals surface area contributed by atoms with Crippen molar-refractivity contribution in [1.82, 2.24) is 14.8 Å². The minimum Gasteiger partial charge on any atom is -0.319 e. The zero-order chi connectivity index (χ0) is 21.3. The molecule has 5 nitrogen and oxygen atoms in total. The highest BCUT2D eigenvalue weighted by Gasteiger charge is 2.19. The molecule has 0 atom stereocenters. The van der Waals surface area contributed by atoms with Crippen molar-refractivity contribution in [2.24, 2.45) is 0 Å². The van der Waals surface area contributed by atoms with Gasteiger partial charge in [-0.2, -0.15) is 0 Å². The van der Waals surface area contributed by atoms with Crippen LogP contribution in [0.4, 0.5) is 10.1 Å². The first-order valence-corrected chi connectivity index (χ1v) is 9.79. The van der Waals surface area contributed by atoms with Crippen LogP contribution in [0.1, 0.15) is 10.6 Å². The Labute approximate surface area is 186 Å². The van der Waals surface area contributed by atoms with Gasteiger partial charge in [-0.05, 0) is 66.7 Å². The minimum absolute atomic E-state index is 0.0738. The first kappa shape index (κ1) is 20.3. The number of halogens is 4. The third-order valence-corrected chi connectivity index (χ3v) is 5.15. The predicted molar refractivity (Wildman–Crippen MR) is 116 cm³/mol. The second kappa shape index (κ2) is 8.44. The zero-order valence-corrected chi connectivity index (χ0v) is 17.4. The number of nitrogens with zero attached hydrogens (tertiary/aromatic N) is 3. The number of carbonyl (C=O) groups excluding carboxylic acids is 1. The Bertz CT molecular complexity index is 1220. The lowest BCUT2D eigenvalue weighted by molar-refractivity contribution is 0.101. The first-order valence-electron chi connectivity index (χ1n) is 8.66. The topological polar surface area (TPSA) is 59.8 Å². The van der Waals surface area contributed by atoms with Crippen molar-refractivity contribution in [3.63, 3.8) is 0 Å². The molecule has 0 radical (unpaired) electrons. The first-order chi connectivity index (χ1) is 14.4. The summed E-state index contributed by atoms with van der Waals surface area (Å²) in [4.78, 5) is 17.1. The molecule has 0 aliphatic carbocycles. The van der Waals surface area contributed by atoms with E-state index in [9.17, 15) is 9.18 Å². The van der Waals surface area contributed by atoms with Gasteiger partial charge in [-0.25, -0.2) is 14.1 Å². The molecule has 1 aromatic heterocycles. The Morgan fingerprint density at radius 3 is 2.27 bits per heavy atom. The van der Waals surface area contributed by atoms with Crippen LogP contribution in [0.25, 0.3) is 17.1 Å². The number of carbonyl (C=O) groups is 1. The zero-order valence-electron chi connectivity index (χ0n) is 15.1. The fourth-order valence-electron chi connectivity index (χ4n) is 2.71. The molecular formula is C21H12Cl3FN4O. The number of amides is 1. The molecule has 0 bridgehead atoms. The quantitative estimate of drug-likeness (QED) is 0.389. The third kappa shape index (κ3) is 4.31. The molecule has 0 aliphatic rings. The van der Waals surface area contributed by atoms with E-state index in [1.807, 2.05) is 0 Å². The second-order valence-corrected chi connectivity index (χ2v) is 7.49. The van der Waals surface area contributed by atoms with E-state index in [4.69, 9.17) is 34.8 Å². The fourth-order valence-corrected chi connectivity index (χ4v) is 3.13. The van der Waals surface area contributed by atoms with Crippen LogP contribution in [0, 0.1) is 5.82 Å². The maximum Gasteiger partial charge on any atom is 0.295 e. The Hall–Kier alpha value is -2.93. The van der Waals surface area contributed by atoms with Crippen molar-refractivity contribution in [2.45, 2.75) is 0 Å². The van der Waals surface area contributed by atoms with Crippen LogP contribution in [-0.4, -0.2) is 20.7 Å². The molecule has 1 N–H and O–H groups in total. The Morgan fingerprint density at radius 2 is 1.60 bits per heavy atom. The summed E-state index contributed by atoms with van der Waals surface area (Å²) < 4.78 is 14.6. The predicted octanol–water partition coefficient (Wildman–Crippen LogP) is 6.29. The molecule has 0 saturated heterocycles. The summed E-state index contributed by atoms with van der Waals surface area (Å²) in [5, 5.41) is 8.29. The maximum absolute atomic E-state index is 13.1. The van der Waals surface area contributed by atoms with Crippen LogP contribution in [-0.2, 0) is 0 Å². The summed E-state index contributed by atoms with van der Waals surface area (Å²) in [5.74, 6) is -0.611. The molecule has 0 unspecified atom stereocenters. The molecule has 3 aromatic carbocycles. The molecule has 1 amide bonds. The van der Waals surface area contributed by atoms with Crippen LogP contribution in [0.3, 0.4) is 0 Å². The molecule has 0 aliphatic heterocycles. The monoisotopic (exact) mass is 460 g/mol. The number of nitrogens with one attached hydrogen (secondary N) is 1. The number of anilines is 1. The smallest absolute Gasteiger partial charge is 0.295 e. The number of rotatable bonds is 4. The summed E-state index contributed by atoms with van der Waals surface area (Å²) in [6, 6.07) is 17.3. The van der Waals surface area contributed by atoms with Gasteiger partial charge < -0.3 is 5.32 Å². The average Bonchev–Trinajstić information content (AvgIpc) is 3.18. The van der Waals surface area contributed by atoms with Gasteiger partial charge in [-0.3, -0.25) is 4.79 Å². The number of hydrogen-bond acceptors (Lipinski definition) is 3. The lowest BCUT2D eigenvalue weighted by Crippen LogP contribution is -2.14. The van der Waals surface area contributed by atoms with Crippen molar-refractivity contribution in [3.8, 4) is 17.1 Å². The minimum atomic E-state index is -0.546. The van der Waals surface area contributed by atoms with Crippen molar-refractivity contribution < 1.29 is 9.18 Å². The van der Waals surface area contributed by atoms with Crippen molar-refractivity contribution in [3.05, 3.63) is 93.4 Å². The van der Waals surface area contributed by atoms with E-state index in [0.717, 1.165) is 0 Å². The molecule has 4 rings (SSSR count). The van der Waals surface area contributed by atoms with Crippen LogP contribution in [0.15, 0.2) is 66.7 Å². The van der Waals surface area contributed by atoms with E-state index in [1.165, 1.54) is 28.9 Å². The van der Waals surface area contributed by atoms with Crippen LogP contribution in [0.5, 0.6) is 0 Å². The molecule has 0 fully saturated rings. The summed E-state index contributed by atoms with van der Waals surface area (Å²) >= 11 is 18.2. The highest BCUT2D eigenvalue weighted by Crippen LogP contribution is 2.28. The van der Waals surface area contributed by atoms with Gasteiger partial charge in [0.2, 0.25) is 5.82 Å². The maximum atomic E-state index is 13.1. The lowest BCUT2D eigenvalue weighted by Gasteiger charge is -2.07. The van der Waals surface area contributed by atoms with E-state index < -0.39 is 11.7 Å². The second-order valence-electron chi connectivity index (χ2n) is 6.24. The molecule has 30 heavy (non-hydrogen) atoms. The molecule has 9 heteroatoms. The highest BCUT2D eigenvalue weighted by atomic mass is 35.5. The largest absolute Gasteiger partial charge is 0.319 e. The van der Waals surface area contributed by atoms with Gasteiger partial charge in [0.1, 0.15) is 5.82 Å². The SMILES string of the molecule is O=C(Nc1ccc(F)cc1)c1nc(-c2ccc(Cl)cc2)n(-c2ccc(Cl)c(Cl)c2)n1. The van der Waals surface area contributed by atoms with Gasteiger partial charge in [-0.15, -0.1) is 5.10 Å². The van der Waals surface area contributed by atoms with Crippen molar-refractivity contribution in [1.29, 1.82) is 0 Å². The highest BCUT2D eigenvalue weighted by molar-refractivity contribution is 6.42. The van der Waals surface area contributed by atoms with E-state index in [0.29, 0.717) is 37.8 Å². The molecule has 1 heterocycles. The number of hydrogen-bond donors (Lipinski definition) is 1. The standard InChI is InChI=1S/C21H12Cl3FN4O/c22-13-3-1-12(2-4-13)20-27-19(21(30)26-15-7-5-14(25)6-8-15)28-29(20)16-9-10-17(23)18(24)11-16/h1-11H,(H,26,30). The van der Waals surface area contributed by atoms with Crippen LogP contribution in [0.2, 0.25) is 15.1 Å². The van der Waals surface area contributed by atoms with Gasteiger partial charge in [-0.1, -0.05) is 34.8 Å². The van der Waals surface area contributed by atoms with E-state index in [1.54, 1.807) is 42.5 Å². The van der Waals surface area contributed by atoms with E-state index in [2.05, 4.69) is 15.4 Å². The van der Waals surface area contributed by atoms with Gasteiger partial charge in [0.15, 0.2) is 5.82 Å². The summed E-state index contributed by atoms with van der Waals surface area (Å²) in [6.45, 7) is 0. The molecule has 4 aromatic rings. The molecule has 150 valence electrons. The normalized spacial score (nSPS) is 10.8. The molecule has 0 saturated carbocycles. The van der Waals surface area contributed by atoms with Gasteiger partial charge in [0.25, 0.3) is 5.91 Å². The van der Waals surface area contributed by atoms with Gasteiger partial charge in [0.05, 0.1) is 15.7 Å². The third-order valence-electron chi connectivity index (χ3n) is 4.16. The average molecular weight is 462 g/mol. The Balaban J connectivity index is 1.76. The Kier molecular flexibility index (Phi) is 5.72. The lowest BCUT2D eigenvalue weighted by atomic mass is 10.2. The number of benzene rings is 3. The van der Waals surface area contributed by atoms with Gasteiger partial charge in [0, 0.05) is 16.3 Å². The summed E-state index contributed by atoms with van der Waals surface area (Å²) in [7, 11) is 0.